The van der Waals surface area contributed by atoms with Gasteiger partial charge in [0.1, 0.15) is 12.2 Å². The summed E-state index contributed by atoms with van der Waals surface area (Å²) in [5.74, 6) is 0.846. The van der Waals surface area contributed by atoms with E-state index < -0.39 is 0 Å². The molecule has 1 heterocycles. The van der Waals surface area contributed by atoms with E-state index in [0.717, 1.165) is 19.1 Å². The van der Waals surface area contributed by atoms with Crippen molar-refractivity contribution in [1.29, 1.82) is 0 Å². The first-order valence-electron chi connectivity index (χ1n) is 5.71. The topological polar surface area (TPSA) is 21.8 Å². The SMILES string of the molecule is c1ccc(C2OC2COCC2CC2)cc1. The van der Waals surface area contributed by atoms with Crippen molar-refractivity contribution in [3.05, 3.63) is 35.9 Å². The van der Waals surface area contributed by atoms with Gasteiger partial charge in [-0.1, -0.05) is 30.3 Å². The Morgan fingerprint density at radius 2 is 1.93 bits per heavy atom. The fourth-order valence-corrected chi connectivity index (χ4v) is 1.84. The minimum atomic E-state index is 0.283. The molecule has 2 unspecified atom stereocenters. The summed E-state index contributed by atoms with van der Waals surface area (Å²) in [7, 11) is 0. The molecule has 1 saturated heterocycles. The van der Waals surface area contributed by atoms with Gasteiger partial charge in [0.15, 0.2) is 0 Å². The zero-order valence-electron chi connectivity index (χ0n) is 8.76. The van der Waals surface area contributed by atoms with Crippen molar-refractivity contribution in [2.75, 3.05) is 13.2 Å². The van der Waals surface area contributed by atoms with E-state index in [1.807, 2.05) is 6.07 Å². The van der Waals surface area contributed by atoms with Crippen LogP contribution in [0.3, 0.4) is 0 Å². The summed E-state index contributed by atoms with van der Waals surface area (Å²) in [6.45, 7) is 1.69. The Labute approximate surface area is 90.2 Å². The lowest BCUT2D eigenvalue weighted by Gasteiger charge is -1.99. The molecule has 0 radical (unpaired) electrons. The molecular formula is C13H16O2. The molecule has 1 aromatic rings. The maximum absolute atomic E-state index is 5.61. The molecule has 1 aliphatic carbocycles. The highest BCUT2D eigenvalue weighted by atomic mass is 16.6. The highest BCUT2D eigenvalue weighted by Crippen LogP contribution is 2.39. The molecular weight excluding hydrogens is 188 g/mol. The second-order valence-electron chi connectivity index (χ2n) is 4.49. The molecule has 3 rings (SSSR count). The minimum absolute atomic E-state index is 0.283. The third-order valence-corrected chi connectivity index (χ3v) is 3.04. The molecule has 0 bridgehead atoms. The Morgan fingerprint density at radius 1 is 1.13 bits per heavy atom. The van der Waals surface area contributed by atoms with Gasteiger partial charge >= 0.3 is 0 Å². The van der Waals surface area contributed by atoms with Gasteiger partial charge < -0.3 is 9.47 Å². The van der Waals surface area contributed by atoms with Crippen LogP contribution in [0.1, 0.15) is 24.5 Å². The molecule has 2 heteroatoms. The summed E-state index contributed by atoms with van der Waals surface area (Å²) in [6.07, 6.45) is 3.29. The highest BCUT2D eigenvalue weighted by Gasteiger charge is 2.40. The Morgan fingerprint density at radius 3 is 2.67 bits per heavy atom. The Balaban J connectivity index is 1.43. The van der Waals surface area contributed by atoms with E-state index >= 15 is 0 Å². The molecule has 15 heavy (non-hydrogen) atoms. The second kappa shape index (κ2) is 3.95. The van der Waals surface area contributed by atoms with Crippen molar-refractivity contribution in [3.63, 3.8) is 0 Å². The summed E-state index contributed by atoms with van der Waals surface area (Å²) in [4.78, 5) is 0. The van der Waals surface area contributed by atoms with Crippen molar-refractivity contribution in [3.8, 4) is 0 Å². The van der Waals surface area contributed by atoms with Crippen LogP contribution < -0.4 is 0 Å². The number of benzene rings is 1. The molecule has 0 aromatic heterocycles. The van der Waals surface area contributed by atoms with Gasteiger partial charge in [-0.2, -0.15) is 0 Å². The average Bonchev–Trinajstić information content (AvgIpc) is 3.13. The van der Waals surface area contributed by atoms with Crippen LogP contribution in [0.2, 0.25) is 0 Å². The fraction of sp³-hybridized carbons (Fsp3) is 0.538. The molecule has 0 amide bonds. The Hall–Kier alpha value is -0.860. The van der Waals surface area contributed by atoms with Crippen LogP contribution in [0.5, 0.6) is 0 Å². The summed E-state index contributed by atoms with van der Waals surface area (Å²) in [5, 5.41) is 0. The van der Waals surface area contributed by atoms with E-state index in [-0.39, 0.29) is 6.10 Å². The van der Waals surface area contributed by atoms with Crippen LogP contribution in [-0.4, -0.2) is 19.3 Å². The average molecular weight is 204 g/mol. The molecule has 1 saturated carbocycles. The number of hydrogen-bond acceptors (Lipinski definition) is 2. The zero-order chi connectivity index (χ0) is 10.1. The quantitative estimate of drug-likeness (QED) is 0.687. The van der Waals surface area contributed by atoms with Gasteiger partial charge in [-0.05, 0) is 24.3 Å². The third kappa shape index (κ3) is 2.39. The first-order valence-corrected chi connectivity index (χ1v) is 5.71. The molecule has 2 nitrogen and oxygen atoms in total. The summed E-state index contributed by atoms with van der Waals surface area (Å²) in [6, 6.07) is 10.4. The van der Waals surface area contributed by atoms with Crippen molar-refractivity contribution < 1.29 is 9.47 Å². The second-order valence-corrected chi connectivity index (χ2v) is 4.49. The van der Waals surface area contributed by atoms with E-state index in [2.05, 4.69) is 24.3 Å². The van der Waals surface area contributed by atoms with E-state index in [9.17, 15) is 0 Å². The van der Waals surface area contributed by atoms with Gasteiger partial charge in [0.25, 0.3) is 0 Å². The van der Waals surface area contributed by atoms with Gasteiger partial charge in [0.05, 0.1) is 6.61 Å². The standard InChI is InChI=1S/C13H16O2/c1-2-4-11(5-3-1)13-12(15-13)9-14-8-10-6-7-10/h1-5,10,12-13H,6-9H2. The van der Waals surface area contributed by atoms with Gasteiger partial charge in [-0.3, -0.25) is 0 Å². The number of rotatable bonds is 5. The van der Waals surface area contributed by atoms with Crippen LogP contribution in [0.4, 0.5) is 0 Å². The van der Waals surface area contributed by atoms with Crippen LogP contribution in [0, 0.1) is 5.92 Å². The lowest BCUT2D eigenvalue weighted by molar-refractivity contribution is 0.108. The van der Waals surface area contributed by atoms with Crippen molar-refractivity contribution in [1.82, 2.24) is 0 Å². The van der Waals surface area contributed by atoms with Crippen LogP contribution >= 0.6 is 0 Å². The van der Waals surface area contributed by atoms with Gasteiger partial charge in [0, 0.05) is 6.61 Å². The molecule has 1 aliphatic heterocycles. The predicted octanol–water partition coefficient (Wildman–Crippen LogP) is 2.55. The molecule has 0 spiro atoms. The summed E-state index contributed by atoms with van der Waals surface area (Å²) >= 11 is 0. The molecule has 2 aliphatic rings. The number of epoxide rings is 1. The van der Waals surface area contributed by atoms with Crippen molar-refractivity contribution in [2.24, 2.45) is 5.92 Å². The van der Waals surface area contributed by atoms with Gasteiger partial charge in [-0.25, -0.2) is 0 Å². The summed E-state index contributed by atoms with van der Waals surface area (Å²) in [5.41, 5.74) is 1.28. The van der Waals surface area contributed by atoms with Gasteiger partial charge in [-0.15, -0.1) is 0 Å². The fourth-order valence-electron chi connectivity index (χ4n) is 1.84. The normalized spacial score (nSPS) is 29.1. The largest absolute Gasteiger partial charge is 0.378 e. The summed E-state index contributed by atoms with van der Waals surface area (Å²) < 4.78 is 11.2. The third-order valence-electron chi connectivity index (χ3n) is 3.04. The molecule has 1 aromatic carbocycles. The molecule has 80 valence electrons. The van der Waals surface area contributed by atoms with E-state index in [1.165, 1.54) is 18.4 Å². The van der Waals surface area contributed by atoms with E-state index in [1.54, 1.807) is 0 Å². The minimum Gasteiger partial charge on any atom is -0.378 e. The van der Waals surface area contributed by atoms with Crippen molar-refractivity contribution >= 4 is 0 Å². The maximum atomic E-state index is 5.61. The smallest absolute Gasteiger partial charge is 0.112 e. The number of ether oxygens (including phenoxy) is 2. The highest BCUT2D eigenvalue weighted by molar-refractivity contribution is 5.22. The monoisotopic (exact) mass is 204 g/mol. The van der Waals surface area contributed by atoms with Gasteiger partial charge in [0.2, 0.25) is 0 Å². The predicted molar refractivity (Wildman–Crippen MR) is 57.6 cm³/mol. The number of hydrogen-bond donors (Lipinski definition) is 0. The molecule has 2 atom stereocenters. The molecule has 0 N–H and O–H groups in total. The first-order chi connectivity index (χ1) is 7.43. The van der Waals surface area contributed by atoms with Crippen molar-refractivity contribution in [2.45, 2.75) is 25.0 Å². The lowest BCUT2D eigenvalue weighted by atomic mass is 10.1. The lowest BCUT2D eigenvalue weighted by Crippen LogP contribution is -2.04. The Kier molecular flexibility index (Phi) is 2.47. The van der Waals surface area contributed by atoms with Crippen LogP contribution in [-0.2, 0) is 9.47 Å². The zero-order valence-corrected chi connectivity index (χ0v) is 8.76. The van der Waals surface area contributed by atoms with E-state index in [0.29, 0.717) is 6.10 Å². The van der Waals surface area contributed by atoms with E-state index in [4.69, 9.17) is 9.47 Å². The first kappa shape index (κ1) is 9.37. The van der Waals surface area contributed by atoms with Crippen LogP contribution in [0.15, 0.2) is 30.3 Å². The molecule has 2 fully saturated rings. The van der Waals surface area contributed by atoms with Crippen LogP contribution in [0.25, 0.3) is 0 Å². The maximum Gasteiger partial charge on any atom is 0.112 e. The Bertz CT molecular complexity index is 319.